The quantitative estimate of drug-likeness (QED) is 0.848. The van der Waals surface area contributed by atoms with Crippen LogP contribution in [0.2, 0.25) is 0 Å². The van der Waals surface area contributed by atoms with Crippen molar-refractivity contribution < 1.29 is 14.1 Å². The van der Waals surface area contributed by atoms with Crippen LogP contribution in [0, 0.1) is 6.92 Å². The maximum Gasteiger partial charge on any atom is 0.255 e. The van der Waals surface area contributed by atoms with Gasteiger partial charge in [-0.15, -0.1) is 0 Å². The molecule has 0 aliphatic carbocycles. The van der Waals surface area contributed by atoms with Crippen molar-refractivity contribution in [1.82, 2.24) is 15.0 Å². The predicted molar refractivity (Wildman–Crippen MR) is 91.8 cm³/mol. The number of anilines is 1. The smallest absolute Gasteiger partial charge is 0.255 e. The van der Waals surface area contributed by atoms with Gasteiger partial charge in [-0.25, -0.2) is 0 Å². The lowest BCUT2D eigenvalue weighted by Gasteiger charge is -2.31. The van der Waals surface area contributed by atoms with Crippen molar-refractivity contribution in [2.24, 2.45) is 0 Å². The number of aryl methyl sites for hydroxylation is 1. The van der Waals surface area contributed by atoms with Crippen molar-refractivity contribution >= 4 is 11.6 Å². The number of morpholine rings is 1. The Morgan fingerprint density at radius 3 is 2.76 bits per heavy atom. The molecule has 0 spiro atoms. The Balaban J connectivity index is 1.51. The number of nitrogens with zero attached hydrogens (tertiary/aromatic N) is 4. The van der Waals surface area contributed by atoms with E-state index in [1.165, 1.54) is 0 Å². The molecule has 1 atom stereocenters. The summed E-state index contributed by atoms with van der Waals surface area (Å²) in [6.45, 7) is 6.17. The second-order valence-electron chi connectivity index (χ2n) is 6.53. The summed E-state index contributed by atoms with van der Waals surface area (Å²) in [7, 11) is 0. The van der Waals surface area contributed by atoms with E-state index in [1.807, 2.05) is 36.1 Å². The molecule has 2 aliphatic heterocycles. The fourth-order valence-electron chi connectivity index (χ4n) is 3.53. The molecule has 0 saturated carbocycles. The number of benzene rings is 1. The van der Waals surface area contributed by atoms with Crippen LogP contribution in [-0.2, 0) is 4.74 Å². The van der Waals surface area contributed by atoms with Crippen LogP contribution in [0.1, 0.15) is 34.4 Å². The van der Waals surface area contributed by atoms with Crippen LogP contribution < -0.4 is 4.90 Å². The SMILES string of the molecule is Cc1noc(C2CCN(C(=O)c3ccccc3N3CCOCC3)C2)n1. The lowest BCUT2D eigenvalue weighted by molar-refractivity contribution is 0.0789. The van der Waals surface area contributed by atoms with Gasteiger partial charge in [-0.2, -0.15) is 4.98 Å². The summed E-state index contributed by atoms with van der Waals surface area (Å²) in [5, 5.41) is 3.86. The van der Waals surface area contributed by atoms with E-state index in [0.717, 1.165) is 30.8 Å². The van der Waals surface area contributed by atoms with E-state index in [2.05, 4.69) is 15.0 Å². The number of carbonyl (C=O) groups excluding carboxylic acids is 1. The monoisotopic (exact) mass is 342 g/mol. The first-order chi connectivity index (χ1) is 12.2. The number of para-hydroxylation sites is 1. The van der Waals surface area contributed by atoms with E-state index in [9.17, 15) is 4.79 Å². The van der Waals surface area contributed by atoms with Gasteiger partial charge in [0.15, 0.2) is 5.82 Å². The zero-order chi connectivity index (χ0) is 17.2. The van der Waals surface area contributed by atoms with Gasteiger partial charge in [-0.3, -0.25) is 4.79 Å². The number of rotatable bonds is 3. The minimum atomic E-state index is 0.0702. The van der Waals surface area contributed by atoms with Crippen LogP contribution >= 0.6 is 0 Å². The summed E-state index contributed by atoms with van der Waals surface area (Å²) >= 11 is 0. The van der Waals surface area contributed by atoms with Crippen molar-refractivity contribution in [3.63, 3.8) is 0 Å². The standard InChI is InChI=1S/C18H22N4O3/c1-13-19-17(25-20-13)14-6-7-22(12-14)18(23)15-4-2-3-5-16(15)21-8-10-24-11-9-21/h2-5,14H,6-12H2,1H3. The highest BCUT2D eigenvalue weighted by molar-refractivity contribution is 6.00. The number of amides is 1. The van der Waals surface area contributed by atoms with Crippen molar-refractivity contribution in [3.05, 3.63) is 41.5 Å². The van der Waals surface area contributed by atoms with Gasteiger partial charge in [0.1, 0.15) is 0 Å². The van der Waals surface area contributed by atoms with E-state index >= 15 is 0 Å². The second-order valence-corrected chi connectivity index (χ2v) is 6.53. The first-order valence-corrected chi connectivity index (χ1v) is 8.73. The molecule has 0 N–H and O–H groups in total. The summed E-state index contributed by atoms with van der Waals surface area (Å²) in [6, 6.07) is 7.84. The molecule has 1 amide bonds. The number of ether oxygens (including phenoxy) is 1. The minimum absolute atomic E-state index is 0.0702. The van der Waals surface area contributed by atoms with Gasteiger partial charge in [-0.1, -0.05) is 17.3 Å². The molecule has 2 aromatic rings. The minimum Gasteiger partial charge on any atom is -0.378 e. The van der Waals surface area contributed by atoms with Crippen LogP contribution in [0.15, 0.2) is 28.8 Å². The zero-order valence-electron chi connectivity index (χ0n) is 14.4. The molecule has 7 nitrogen and oxygen atoms in total. The van der Waals surface area contributed by atoms with Gasteiger partial charge in [0, 0.05) is 31.9 Å². The van der Waals surface area contributed by atoms with Crippen LogP contribution in [0.25, 0.3) is 0 Å². The molecule has 3 heterocycles. The average molecular weight is 342 g/mol. The van der Waals surface area contributed by atoms with E-state index < -0.39 is 0 Å². The molecule has 2 saturated heterocycles. The van der Waals surface area contributed by atoms with Crippen LogP contribution in [-0.4, -0.2) is 60.3 Å². The Morgan fingerprint density at radius 1 is 1.20 bits per heavy atom. The molecule has 1 unspecified atom stereocenters. The molecule has 1 aromatic heterocycles. The molecule has 132 valence electrons. The summed E-state index contributed by atoms with van der Waals surface area (Å²) in [5.74, 6) is 1.47. The third-order valence-electron chi connectivity index (χ3n) is 4.85. The van der Waals surface area contributed by atoms with Gasteiger partial charge >= 0.3 is 0 Å². The largest absolute Gasteiger partial charge is 0.378 e. The molecule has 25 heavy (non-hydrogen) atoms. The first kappa shape index (κ1) is 16.1. The Labute approximate surface area is 146 Å². The molecule has 2 fully saturated rings. The van der Waals surface area contributed by atoms with E-state index in [4.69, 9.17) is 9.26 Å². The molecule has 7 heteroatoms. The van der Waals surface area contributed by atoms with Crippen LogP contribution in [0.3, 0.4) is 0 Å². The fourth-order valence-corrected chi connectivity index (χ4v) is 3.53. The third kappa shape index (κ3) is 3.24. The lowest BCUT2D eigenvalue weighted by atomic mass is 10.1. The number of hydrogen-bond donors (Lipinski definition) is 0. The molecule has 4 rings (SSSR count). The zero-order valence-corrected chi connectivity index (χ0v) is 14.4. The van der Waals surface area contributed by atoms with Crippen LogP contribution in [0.4, 0.5) is 5.69 Å². The summed E-state index contributed by atoms with van der Waals surface area (Å²) in [6.07, 6.45) is 0.854. The van der Waals surface area contributed by atoms with Crippen LogP contribution in [0.5, 0.6) is 0 Å². The number of likely N-dealkylation sites (tertiary alicyclic amines) is 1. The average Bonchev–Trinajstić information content (AvgIpc) is 3.31. The topological polar surface area (TPSA) is 71.7 Å². The number of aromatic nitrogens is 2. The highest BCUT2D eigenvalue weighted by Crippen LogP contribution is 2.29. The fraction of sp³-hybridized carbons (Fsp3) is 0.500. The van der Waals surface area contributed by atoms with Crippen molar-refractivity contribution in [3.8, 4) is 0 Å². The highest BCUT2D eigenvalue weighted by Gasteiger charge is 2.32. The normalized spacial score (nSPS) is 20.9. The third-order valence-corrected chi connectivity index (χ3v) is 4.85. The van der Waals surface area contributed by atoms with Gasteiger partial charge in [0.25, 0.3) is 5.91 Å². The Hall–Kier alpha value is -2.41. The van der Waals surface area contributed by atoms with Crippen molar-refractivity contribution in [2.45, 2.75) is 19.3 Å². The van der Waals surface area contributed by atoms with E-state index in [0.29, 0.717) is 38.0 Å². The lowest BCUT2D eigenvalue weighted by Crippen LogP contribution is -2.38. The molecular formula is C18H22N4O3. The van der Waals surface area contributed by atoms with E-state index in [-0.39, 0.29) is 11.8 Å². The summed E-state index contributed by atoms with van der Waals surface area (Å²) in [4.78, 5) is 21.5. The summed E-state index contributed by atoms with van der Waals surface area (Å²) < 4.78 is 10.7. The summed E-state index contributed by atoms with van der Waals surface area (Å²) in [5.41, 5.74) is 1.75. The van der Waals surface area contributed by atoms with Gasteiger partial charge in [0.05, 0.1) is 24.7 Å². The Morgan fingerprint density at radius 2 is 2.00 bits per heavy atom. The van der Waals surface area contributed by atoms with Crippen molar-refractivity contribution in [1.29, 1.82) is 0 Å². The predicted octanol–water partition coefficient (Wildman–Crippen LogP) is 1.84. The second kappa shape index (κ2) is 6.84. The maximum absolute atomic E-state index is 13.1. The first-order valence-electron chi connectivity index (χ1n) is 8.73. The van der Waals surface area contributed by atoms with Gasteiger partial charge < -0.3 is 19.1 Å². The number of hydrogen-bond acceptors (Lipinski definition) is 6. The Kier molecular flexibility index (Phi) is 4.40. The maximum atomic E-state index is 13.1. The van der Waals surface area contributed by atoms with Crippen molar-refractivity contribution in [2.75, 3.05) is 44.3 Å². The molecule has 0 radical (unpaired) electrons. The molecule has 2 aliphatic rings. The number of carbonyl (C=O) groups is 1. The highest BCUT2D eigenvalue weighted by atomic mass is 16.5. The van der Waals surface area contributed by atoms with Gasteiger partial charge in [-0.05, 0) is 25.5 Å². The Bertz CT molecular complexity index is 754. The van der Waals surface area contributed by atoms with Gasteiger partial charge in [0.2, 0.25) is 5.89 Å². The molecule has 0 bridgehead atoms. The molecule has 1 aromatic carbocycles. The van der Waals surface area contributed by atoms with E-state index in [1.54, 1.807) is 0 Å². The molecular weight excluding hydrogens is 320 g/mol.